The van der Waals surface area contributed by atoms with Crippen LogP contribution in [0.25, 0.3) is 0 Å². The third-order valence-corrected chi connectivity index (χ3v) is 5.83. The topological polar surface area (TPSA) is 49.9 Å². The summed E-state index contributed by atoms with van der Waals surface area (Å²) in [6.45, 7) is 7.57. The molecule has 0 aromatic heterocycles. The zero-order valence-corrected chi connectivity index (χ0v) is 16.6. The fourth-order valence-corrected chi connectivity index (χ4v) is 4.08. The van der Waals surface area contributed by atoms with E-state index in [4.69, 9.17) is 4.74 Å². The van der Waals surface area contributed by atoms with Crippen molar-refractivity contribution in [1.29, 1.82) is 0 Å². The molecule has 0 aliphatic carbocycles. The van der Waals surface area contributed by atoms with E-state index >= 15 is 0 Å². The number of benzene rings is 1. The maximum atomic E-state index is 13.1. The summed E-state index contributed by atoms with van der Waals surface area (Å²) in [5.74, 6) is 0.618. The largest absolute Gasteiger partial charge is 0.381 e. The van der Waals surface area contributed by atoms with Crippen LogP contribution < -0.4 is 0 Å². The van der Waals surface area contributed by atoms with Crippen molar-refractivity contribution in [3.63, 3.8) is 0 Å². The number of likely N-dealkylation sites (tertiary alicyclic amines) is 1. The number of carbonyl (C=O) groups is 2. The van der Waals surface area contributed by atoms with Crippen LogP contribution in [-0.4, -0.2) is 54.0 Å². The van der Waals surface area contributed by atoms with E-state index in [1.807, 2.05) is 28.0 Å². The van der Waals surface area contributed by atoms with Crippen molar-refractivity contribution in [2.75, 3.05) is 26.3 Å². The lowest BCUT2D eigenvalue weighted by atomic mass is 9.92. The lowest BCUT2D eigenvalue weighted by Gasteiger charge is -2.37. The summed E-state index contributed by atoms with van der Waals surface area (Å²) in [6.07, 6.45) is 3.20. The maximum Gasteiger partial charge on any atom is 0.226 e. The van der Waals surface area contributed by atoms with Gasteiger partial charge in [0.15, 0.2) is 0 Å². The molecule has 0 spiro atoms. The molecule has 0 unspecified atom stereocenters. The van der Waals surface area contributed by atoms with E-state index in [1.165, 1.54) is 0 Å². The van der Waals surface area contributed by atoms with Crippen LogP contribution in [0, 0.1) is 11.8 Å². The number of rotatable bonds is 5. The molecule has 148 valence electrons. The van der Waals surface area contributed by atoms with Gasteiger partial charge in [0.05, 0.1) is 0 Å². The minimum Gasteiger partial charge on any atom is -0.381 e. The Balaban J connectivity index is 1.55. The van der Waals surface area contributed by atoms with Crippen LogP contribution in [-0.2, 0) is 20.9 Å². The molecule has 5 nitrogen and oxygen atoms in total. The first kappa shape index (κ1) is 19.9. The molecule has 1 aromatic carbocycles. The van der Waals surface area contributed by atoms with Gasteiger partial charge in [0.1, 0.15) is 0 Å². The average molecular weight is 373 g/mol. The molecule has 3 rings (SSSR count). The number of carbonyl (C=O) groups excluding carboxylic acids is 2. The van der Waals surface area contributed by atoms with Gasteiger partial charge >= 0.3 is 0 Å². The number of hydrogen-bond acceptors (Lipinski definition) is 3. The molecule has 2 saturated heterocycles. The second kappa shape index (κ2) is 9.36. The van der Waals surface area contributed by atoms with E-state index < -0.39 is 0 Å². The van der Waals surface area contributed by atoms with Gasteiger partial charge in [-0.1, -0.05) is 30.3 Å². The SMILES string of the molecule is CC(C)N(Cc1ccccc1)C(=O)C1CCN(C(=O)C2CCOCC2)CC1. The molecule has 1 aromatic rings. The van der Waals surface area contributed by atoms with Crippen LogP contribution in [0.15, 0.2) is 30.3 Å². The molecule has 5 heteroatoms. The third-order valence-electron chi connectivity index (χ3n) is 5.83. The fourth-order valence-electron chi connectivity index (χ4n) is 4.08. The Morgan fingerprint density at radius 3 is 2.26 bits per heavy atom. The molecule has 0 saturated carbocycles. The lowest BCUT2D eigenvalue weighted by Crippen LogP contribution is -2.47. The van der Waals surface area contributed by atoms with Gasteiger partial charge in [-0.05, 0) is 45.1 Å². The summed E-state index contributed by atoms with van der Waals surface area (Å²) >= 11 is 0. The van der Waals surface area contributed by atoms with Crippen LogP contribution in [0.3, 0.4) is 0 Å². The number of ether oxygens (including phenoxy) is 1. The predicted molar refractivity (Wildman–Crippen MR) is 105 cm³/mol. The predicted octanol–water partition coefficient (Wildman–Crippen LogP) is 3.09. The van der Waals surface area contributed by atoms with Gasteiger partial charge in [-0.25, -0.2) is 0 Å². The van der Waals surface area contributed by atoms with Crippen LogP contribution >= 0.6 is 0 Å². The van der Waals surface area contributed by atoms with E-state index in [0.717, 1.165) is 31.2 Å². The Hall–Kier alpha value is -1.88. The van der Waals surface area contributed by atoms with E-state index in [9.17, 15) is 9.59 Å². The minimum absolute atomic E-state index is 0.0230. The van der Waals surface area contributed by atoms with E-state index in [1.54, 1.807) is 0 Å². The average Bonchev–Trinajstić information content (AvgIpc) is 2.72. The molecule has 0 radical (unpaired) electrons. The molecular formula is C22H32N2O3. The summed E-state index contributed by atoms with van der Waals surface area (Å²) in [4.78, 5) is 29.8. The van der Waals surface area contributed by atoms with E-state index in [-0.39, 0.29) is 29.7 Å². The summed E-state index contributed by atoms with van der Waals surface area (Å²) in [5, 5.41) is 0. The van der Waals surface area contributed by atoms with Gasteiger partial charge in [-0.15, -0.1) is 0 Å². The second-order valence-corrected chi connectivity index (χ2v) is 8.03. The van der Waals surface area contributed by atoms with Crippen LogP contribution in [0.4, 0.5) is 0 Å². The maximum absolute atomic E-state index is 13.1. The van der Waals surface area contributed by atoms with Crippen molar-refractivity contribution in [1.82, 2.24) is 9.80 Å². The first-order valence-corrected chi connectivity index (χ1v) is 10.3. The Morgan fingerprint density at radius 2 is 1.67 bits per heavy atom. The molecule has 0 atom stereocenters. The molecule has 2 aliphatic heterocycles. The molecule has 2 heterocycles. The van der Waals surface area contributed by atoms with Gasteiger partial charge in [0, 0.05) is 50.7 Å². The minimum atomic E-state index is 0.0230. The normalized spacial score (nSPS) is 19.3. The number of nitrogens with zero attached hydrogens (tertiary/aromatic N) is 2. The highest BCUT2D eigenvalue weighted by Gasteiger charge is 2.33. The smallest absolute Gasteiger partial charge is 0.226 e. The van der Waals surface area contributed by atoms with E-state index in [2.05, 4.69) is 26.0 Å². The summed E-state index contributed by atoms with van der Waals surface area (Å²) in [6, 6.07) is 10.3. The fraction of sp³-hybridized carbons (Fsp3) is 0.636. The van der Waals surface area contributed by atoms with Gasteiger partial charge in [-0.2, -0.15) is 0 Å². The van der Waals surface area contributed by atoms with Crippen LogP contribution in [0.1, 0.15) is 45.1 Å². The molecule has 2 fully saturated rings. The summed E-state index contributed by atoms with van der Waals surface area (Å²) < 4.78 is 5.36. The molecular weight excluding hydrogens is 340 g/mol. The molecule has 0 N–H and O–H groups in total. The Morgan fingerprint density at radius 1 is 1.04 bits per heavy atom. The van der Waals surface area contributed by atoms with Gasteiger partial charge < -0.3 is 14.5 Å². The van der Waals surface area contributed by atoms with Crippen molar-refractivity contribution in [3.05, 3.63) is 35.9 Å². The number of amides is 2. The van der Waals surface area contributed by atoms with Crippen molar-refractivity contribution < 1.29 is 14.3 Å². The molecule has 0 bridgehead atoms. The highest BCUT2D eigenvalue weighted by atomic mass is 16.5. The number of hydrogen-bond donors (Lipinski definition) is 0. The van der Waals surface area contributed by atoms with E-state index in [0.29, 0.717) is 32.8 Å². The number of piperidine rings is 1. The van der Waals surface area contributed by atoms with Gasteiger partial charge in [0.25, 0.3) is 0 Å². The molecule has 2 aliphatic rings. The van der Waals surface area contributed by atoms with Crippen molar-refractivity contribution >= 4 is 11.8 Å². The van der Waals surface area contributed by atoms with Crippen LogP contribution in [0.2, 0.25) is 0 Å². The highest BCUT2D eigenvalue weighted by molar-refractivity contribution is 5.81. The standard InChI is InChI=1S/C22H32N2O3/c1-17(2)24(16-18-6-4-3-5-7-18)22(26)19-8-12-23(13-9-19)21(25)20-10-14-27-15-11-20/h3-7,17,19-20H,8-16H2,1-2H3. The van der Waals surface area contributed by atoms with Crippen LogP contribution in [0.5, 0.6) is 0 Å². The highest BCUT2D eigenvalue weighted by Crippen LogP contribution is 2.25. The zero-order valence-electron chi connectivity index (χ0n) is 16.6. The lowest BCUT2D eigenvalue weighted by molar-refractivity contribution is -0.145. The summed E-state index contributed by atoms with van der Waals surface area (Å²) in [7, 11) is 0. The Labute approximate surface area is 162 Å². The van der Waals surface area contributed by atoms with Crippen molar-refractivity contribution in [2.45, 2.75) is 52.1 Å². The third kappa shape index (κ3) is 5.10. The van der Waals surface area contributed by atoms with Gasteiger partial charge in [0.2, 0.25) is 11.8 Å². The molecule has 2 amide bonds. The van der Waals surface area contributed by atoms with Crippen molar-refractivity contribution in [3.8, 4) is 0 Å². The summed E-state index contributed by atoms with van der Waals surface area (Å²) in [5.41, 5.74) is 1.16. The second-order valence-electron chi connectivity index (χ2n) is 8.03. The Bertz CT molecular complexity index is 618. The zero-order chi connectivity index (χ0) is 19.2. The van der Waals surface area contributed by atoms with Crippen molar-refractivity contribution in [2.24, 2.45) is 11.8 Å². The molecule has 27 heavy (non-hydrogen) atoms. The monoisotopic (exact) mass is 372 g/mol. The first-order chi connectivity index (χ1) is 13.1. The first-order valence-electron chi connectivity index (χ1n) is 10.3. The van der Waals surface area contributed by atoms with Gasteiger partial charge in [-0.3, -0.25) is 9.59 Å². The quantitative estimate of drug-likeness (QED) is 0.798. The Kier molecular flexibility index (Phi) is 6.89.